The third-order valence-corrected chi connectivity index (χ3v) is 3.03. The quantitative estimate of drug-likeness (QED) is 0.509. The highest BCUT2D eigenvalue weighted by atomic mass is 14.4. The van der Waals surface area contributed by atoms with E-state index in [1.165, 1.54) is 25.7 Å². The van der Waals surface area contributed by atoms with Crippen LogP contribution in [0.2, 0.25) is 0 Å². The Morgan fingerprint density at radius 1 is 1.00 bits per heavy atom. The molecule has 2 saturated carbocycles. The van der Waals surface area contributed by atoms with Crippen LogP contribution in [0.1, 0.15) is 39.5 Å². The summed E-state index contributed by atoms with van der Waals surface area (Å²) in [5, 5.41) is 0. The summed E-state index contributed by atoms with van der Waals surface area (Å²) >= 11 is 0. The Bertz CT molecular complexity index is 208. The summed E-state index contributed by atoms with van der Waals surface area (Å²) in [4.78, 5) is 0. The van der Waals surface area contributed by atoms with Gasteiger partial charge in [0.2, 0.25) is 0 Å². The molecule has 0 aromatic rings. The van der Waals surface area contributed by atoms with Gasteiger partial charge in [-0.15, -0.1) is 0 Å². The van der Waals surface area contributed by atoms with Crippen molar-refractivity contribution in [2.75, 3.05) is 0 Å². The molecule has 0 bridgehead atoms. The van der Waals surface area contributed by atoms with Crippen LogP contribution in [0.5, 0.6) is 0 Å². The van der Waals surface area contributed by atoms with Gasteiger partial charge in [0.25, 0.3) is 0 Å². The summed E-state index contributed by atoms with van der Waals surface area (Å²) in [5.74, 6) is 1.94. The Labute approximate surface area is 75.4 Å². The van der Waals surface area contributed by atoms with E-state index in [1.54, 1.807) is 11.1 Å². The van der Waals surface area contributed by atoms with E-state index in [4.69, 9.17) is 0 Å². The van der Waals surface area contributed by atoms with E-state index in [1.807, 2.05) is 13.8 Å². The van der Waals surface area contributed by atoms with Gasteiger partial charge >= 0.3 is 0 Å². The summed E-state index contributed by atoms with van der Waals surface area (Å²) in [6.45, 7) is 4.00. The lowest BCUT2D eigenvalue weighted by atomic mass is 10.0. The van der Waals surface area contributed by atoms with Crippen molar-refractivity contribution in [3.63, 3.8) is 0 Å². The van der Waals surface area contributed by atoms with E-state index >= 15 is 0 Å². The monoisotopic (exact) mass is 162 g/mol. The molecule has 0 aliphatic heterocycles. The van der Waals surface area contributed by atoms with E-state index in [2.05, 4.69) is 12.2 Å². The zero-order chi connectivity index (χ0) is 8.55. The maximum Gasteiger partial charge on any atom is -0.0158 e. The topological polar surface area (TPSA) is 0 Å². The molecule has 0 nitrogen and oxygen atoms in total. The number of hydrogen-bond donors (Lipinski definition) is 0. The van der Waals surface area contributed by atoms with Gasteiger partial charge in [-0.1, -0.05) is 26.0 Å². The van der Waals surface area contributed by atoms with Crippen LogP contribution in [0.4, 0.5) is 0 Å². The molecule has 2 atom stereocenters. The first-order valence-corrected chi connectivity index (χ1v) is 5.35. The Morgan fingerprint density at radius 3 is 2.00 bits per heavy atom. The molecule has 0 heterocycles. The molecule has 0 spiro atoms. The maximum absolute atomic E-state index is 2.53. The first-order chi connectivity index (χ1) is 5.93. The zero-order valence-electron chi connectivity index (χ0n) is 8.14. The van der Waals surface area contributed by atoms with Gasteiger partial charge in [-0.25, -0.2) is 0 Å². The molecular weight excluding hydrogens is 144 g/mol. The second kappa shape index (κ2) is 3.08. The molecule has 2 fully saturated rings. The summed E-state index contributed by atoms with van der Waals surface area (Å²) < 4.78 is 0. The van der Waals surface area contributed by atoms with Crippen LogP contribution in [-0.2, 0) is 0 Å². The van der Waals surface area contributed by atoms with Gasteiger partial charge in [-0.3, -0.25) is 0 Å². The molecule has 12 heavy (non-hydrogen) atoms. The minimum Gasteiger partial charge on any atom is -0.0773 e. The predicted molar refractivity (Wildman–Crippen MR) is 53.0 cm³/mol. The normalized spacial score (nSPS) is 35.2. The minimum atomic E-state index is 0.969. The highest BCUT2D eigenvalue weighted by Crippen LogP contribution is 2.49. The van der Waals surface area contributed by atoms with E-state index in [0.29, 0.717) is 0 Å². The predicted octanol–water partition coefficient (Wildman–Crippen LogP) is 3.70. The third-order valence-electron chi connectivity index (χ3n) is 3.03. The van der Waals surface area contributed by atoms with Gasteiger partial charge in [0.1, 0.15) is 0 Å². The van der Waals surface area contributed by atoms with Crippen molar-refractivity contribution in [3.05, 3.63) is 23.3 Å². The molecule has 3 aliphatic carbocycles. The van der Waals surface area contributed by atoms with Crippen LogP contribution in [0.25, 0.3) is 0 Å². The van der Waals surface area contributed by atoms with E-state index in [0.717, 1.165) is 11.8 Å². The molecule has 0 heteroatoms. The van der Waals surface area contributed by atoms with Crippen molar-refractivity contribution >= 4 is 0 Å². The van der Waals surface area contributed by atoms with Crippen LogP contribution < -0.4 is 0 Å². The summed E-state index contributed by atoms with van der Waals surface area (Å²) in [6, 6.07) is 0. The van der Waals surface area contributed by atoms with Gasteiger partial charge < -0.3 is 0 Å². The second-order valence-corrected chi connectivity index (χ2v) is 3.80. The molecule has 0 radical (unpaired) electrons. The molecule has 0 amide bonds. The number of allylic oxidation sites excluding steroid dienone is 4. The van der Waals surface area contributed by atoms with Gasteiger partial charge in [-0.2, -0.15) is 0 Å². The van der Waals surface area contributed by atoms with Crippen LogP contribution in [0.15, 0.2) is 23.3 Å². The fourth-order valence-electron chi connectivity index (χ4n) is 2.31. The molecule has 2 unspecified atom stereocenters. The van der Waals surface area contributed by atoms with E-state index in [-0.39, 0.29) is 0 Å². The number of hydrogen-bond acceptors (Lipinski definition) is 0. The minimum absolute atomic E-state index is 0.969. The van der Waals surface area contributed by atoms with Crippen molar-refractivity contribution in [2.24, 2.45) is 11.8 Å². The highest BCUT2D eigenvalue weighted by molar-refractivity contribution is 5.42. The number of rotatable bonds is 0. The summed E-state index contributed by atoms with van der Waals surface area (Å²) in [6.07, 6.45) is 10.7. The zero-order valence-corrected chi connectivity index (χ0v) is 8.14. The Balaban J connectivity index is 0.000000264. The number of fused-ring (bicyclic) bond motifs is 2. The SMILES string of the molecule is C1=C2CCCC2=CC2CC12.CC. The standard InChI is InChI=1S/C10H12.C2H6/c1-2-7-4-9-6-10(9)5-8(7)3-1;1-2/h4-5,9-10H,1-3,6H2;1-2H3. The molecule has 0 aromatic heterocycles. The lowest BCUT2D eigenvalue weighted by Gasteiger charge is -2.04. The largest absolute Gasteiger partial charge is 0.0773 e. The first kappa shape index (κ1) is 8.10. The molecule has 66 valence electrons. The van der Waals surface area contributed by atoms with Crippen LogP contribution in [-0.4, -0.2) is 0 Å². The Hall–Kier alpha value is -0.520. The van der Waals surface area contributed by atoms with Crippen molar-refractivity contribution in [3.8, 4) is 0 Å². The second-order valence-electron chi connectivity index (χ2n) is 3.80. The average Bonchev–Trinajstić information content (AvgIpc) is 2.72. The van der Waals surface area contributed by atoms with Crippen LogP contribution >= 0.6 is 0 Å². The summed E-state index contributed by atoms with van der Waals surface area (Å²) in [5.41, 5.74) is 3.39. The van der Waals surface area contributed by atoms with Crippen molar-refractivity contribution in [2.45, 2.75) is 39.5 Å². The Kier molecular flexibility index (Phi) is 2.08. The van der Waals surface area contributed by atoms with Crippen LogP contribution in [0.3, 0.4) is 0 Å². The van der Waals surface area contributed by atoms with Gasteiger partial charge in [0.05, 0.1) is 0 Å². The van der Waals surface area contributed by atoms with E-state index < -0.39 is 0 Å². The van der Waals surface area contributed by atoms with Crippen LogP contribution in [0, 0.1) is 11.8 Å². The van der Waals surface area contributed by atoms with Gasteiger partial charge in [-0.05, 0) is 48.7 Å². The van der Waals surface area contributed by atoms with Crippen molar-refractivity contribution < 1.29 is 0 Å². The lowest BCUT2D eigenvalue weighted by Crippen LogP contribution is -1.88. The van der Waals surface area contributed by atoms with Gasteiger partial charge in [0.15, 0.2) is 0 Å². The summed E-state index contributed by atoms with van der Waals surface area (Å²) in [7, 11) is 0. The molecule has 0 saturated heterocycles. The van der Waals surface area contributed by atoms with Crippen molar-refractivity contribution in [1.82, 2.24) is 0 Å². The third kappa shape index (κ3) is 1.24. The molecule has 3 aliphatic rings. The van der Waals surface area contributed by atoms with Crippen molar-refractivity contribution in [1.29, 1.82) is 0 Å². The molecule has 3 rings (SSSR count). The fourth-order valence-corrected chi connectivity index (χ4v) is 2.31. The highest BCUT2D eigenvalue weighted by Gasteiger charge is 2.37. The lowest BCUT2D eigenvalue weighted by molar-refractivity contribution is 0.930. The van der Waals surface area contributed by atoms with E-state index in [9.17, 15) is 0 Å². The molecule has 0 N–H and O–H groups in total. The average molecular weight is 162 g/mol. The maximum atomic E-state index is 2.53. The smallest absolute Gasteiger partial charge is 0.0158 e. The molecule has 0 aromatic carbocycles. The first-order valence-electron chi connectivity index (χ1n) is 5.35. The fraction of sp³-hybridized carbons (Fsp3) is 0.667. The van der Waals surface area contributed by atoms with Gasteiger partial charge in [0, 0.05) is 0 Å². The Morgan fingerprint density at radius 2 is 1.50 bits per heavy atom. The molecular formula is C12H18.